The first-order chi connectivity index (χ1) is 7.31. The molecule has 0 heterocycles. The lowest BCUT2D eigenvalue weighted by molar-refractivity contribution is -0.275. The first-order valence-corrected chi connectivity index (χ1v) is 6.10. The summed E-state index contributed by atoms with van der Waals surface area (Å²) in [6.45, 7) is 2.79. The number of ether oxygens (including phenoxy) is 1. The Morgan fingerprint density at radius 1 is 0.933 bits per heavy atom. The number of rotatable bonds is 11. The van der Waals surface area contributed by atoms with Crippen molar-refractivity contribution in [2.75, 3.05) is 13.7 Å². The third-order valence-electron chi connectivity index (χ3n) is 2.64. The highest BCUT2D eigenvalue weighted by Gasteiger charge is 1.99. The predicted molar refractivity (Wildman–Crippen MR) is 62.0 cm³/mol. The smallest absolute Gasteiger partial charge is 0.0899 e. The van der Waals surface area contributed by atoms with E-state index in [4.69, 9.17) is 9.99 Å². The van der Waals surface area contributed by atoms with E-state index in [1.807, 2.05) is 6.92 Å². The molecule has 0 aromatic heterocycles. The van der Waals surface area contributed by atoms with Crippen molar-refractivity contribution in [1.29, 1.82) is 0 Å². The molecular formula is C12H26O3. The maximum absolute atomic E-state index is 8.35. The van der Waals surface area contributed by atoms with Crippen LogP contribution in [0.5, 0.6) is 0 Å². The number of hydrogen-bond acceptors (Lipinski definition) is 3. The van der Waals surface area contributed by atoms with Crippen molar-refractivity contribution >= 4 is 0 Å². The lowest BCUT2D eigenvalue weighted by atomic mass is 10.1. The summed E-state index contributed by atoms with van der Waals surface area (Å²) >= 11 is 0. The van der Waals surface area contributed by atoms with Gasteiger partial charge < -0.3 is 4.74 Å². The van der Waals surface area contributed by atoms with Crippen LogP contribution in [-0.4, -0.2) is 25.1 Å². The summed E-state index contributed by atoms with van der Waals surface area (Å²) in [4.78, 5) is 4.21. The minimum Gasteiger partial charge on any atom is -0.385 e. The fourth-order valence-electron chi connectivity index (χ4n) is 1.61. The molecule has 0 spiro atoms. The Bertz CT molecular complexity index is 117. The third kappa shape index (κ3) is 11.8. The van der Waals surface area contributed by atoms with E-state index in [0.717, 1.165) is 19.4 Å². The lowest BCUT2D eigenvalue weighted by Crippen LogP contribution is -2.04. The van der Waals surface area contributed by atoms with Crippen LogP contribution in [-0.2, 0) is 9.62 Å². The van der Waals surface area contributed by atoms with E-state index in [1.165, 1.54) is 38.5 Å². The lowest BCUT2D eigenvalue weighted by Gasteiger charge is -2.06. The van der Waals surface area contributed by atoms with Crippen LogP contribution in [0.3, 0.4) is 0 Å². The van der Waals surface area contributed by atoms with E-state index in [9.17, 15) is 0 Å². The Hall–Kier alpha value is -0.120. The van der Waals surface area contributed by atoms with E-state index in [1.54, 1.807) is 7.11 Å². The zero-order valence-corrected chi connectivity index (χ0v) is 10.2. The minimum absolute atomic E-state index is 0.00768. The molecule has 0 bridgehead atoms. The molecule has 1 atom stereocenters. The third-order valence-corrected chi connectivity index (χ3v) is 2.64. The molecule has 1 unspecified atom stereocenters. The van der Waals surface area contributed by atoms with Gasteiger partial charge in [-0.15, -0.1) is 0 Å². The molecule has 0 aliphatic carbocycles. The van der Waals surface area contributed by atoms with Crippen molar-refractivity contribution in [3.63, 3.8) is 0 Å². The Labute approximate surface area is 93.7 Å². The van der Waals surface area contributed by atoms with Crippen molar-refractivity contribution in [3.8, 4) is 0 Å². The van der Waals surface area contributed by atoms with Gasteiger partial charge in [-0.3, -0.25) is 5.26 Å². The first kappa shape index (κ1) is 14.9. The van der Waals surface area contributed by atoms with Gasteiger partial charge in [0.1, 0.15) is 0 Å². The Morgan fingerprint density at radius 2 is 1.47 bits per heavy atom. The second-order valence-corrected chi connectivity index (χ2v) is 4.17. The highest BCUT2D eigenvalue weighted by Crippen LogP contribution is 2.10. The fraction of sp³-hybridized carbons (Fsp3) is 1.00. The van der Waals surface area contributed by atoms with Gasteiger partial charge in [0.2, 0.25) is 0 Å². The van der Waals surface area contributed by atoms with Crippen LogP contribution in [0.25, 0.3) is 0 Å². The molecule has 0 radical (unpaired) electrons. The van der Waals surface area contributed by atoms with Crippen LogP contribution >= 0.6 is 0 Å². The molecule has 0 aliphatic rings. The topological polar surface area (TPSA) is 38.7 Å². The normalized spacial score (nSPS) is 13.0. The van der Waals surface area contributed by atoms with Gasteiger partial charge in [-0.1, -0.05) is 38.5 Å². The van der Waals surface area contributed by atoms with Crippen LogP contribution < -0.4 is 0 Å². The van der Waals surface area contributed by atoms with E-state index in [2.05, 4.69) is 4.89 Å². The summed E-state index contributed by atoms with van der Waals surface area (Å²) in [5, 5.41) is 8.35. The zero-order valence-electron chi connectivity index (χ0n) is 10.2. The van der Waals surface area contributed by atoms with Crippen molar-refractivity contribution in [1.82, 2.24) is 0 Å². The molecule has 1 N–H and O–H groups in total. The Morgan fingerprint density at radius 3 is 2.00 bits per heavy atom. The van der Waals surface area contributed by atoms with Crippen molar-refractivity contribution in [3.05, 3.63) is 0 Å². The molecule has 3 nitrogen and oxygen atoms in total. The van der Waals surface area contributed by atoms with Gasteiger partial charge in [-0.2, -0.15) is 0 Å². The van der Waals surface area contributed by atoms with Crippen LogP contribution in [0, 0.1) is 0 Å². The molecule has 0 fully saturated rings. The molecule has 3 heteroatoms. The van der Waals surface area contributed by atoms with Gasteiger partial charge in [0.25, 0.3) is 0 Å². The molecule has 0 saturated carbocycles. The van der Waals surface area contributed by atoms with E-state index < -0.39 is 0 Å². The van der Waals surface area contributed by atoms with Crippen LogP contribution in [0.15, 0.2) is 0 Å². The van der Waals surface area contributed by atoms with E-state index in [0.29, 0.717) is 0 Å². The highest BCUT2D eigenvalue weighted by atomic mass is 17.1. The summed E-state index contributed by atoms with van der Waals surface area (Å²) in [5.41, 5.74) is 0. The van der Waals surface area contributed by atoms with Gasteiger partial charge in [-0.25, -0.2) is 4.89 Å². The van der Waals surface area contributed by atoms with Gasteiger partial charge in [0.15, 0.2) is 0 Å². The van der Waals surface area contributed by atoms with Crippen molar-refractivity contribution in [2.45, 2.75) is 64.4 Å². The second-order valence-electron chi connectivity index (χ2n) is 4.17. The SMILES string of the molecule is COCCCCCCCCCC(C)OO. The average molecular weight is 218 g/mol. The molecule has 0 aromatic rings. The molecule has 0 amide bonds. The number of methoxy groups -OCH3 is 1. The largest absolute Gasteiger partial charge is 0.385 e. The quantitative estimate of drug-likeness (QED) is 0.327. The van der Waals surface area contributed by atoms with Crippen molar-refractivity contribution in [2.24, 2.45) is 0 Å². The van der Waals surface area contributed by atoms with Crippen LogP contribution in [0.2, 0.25) is 0 Å². The van der Waals surface area contributed by atoms with Crippen molar-refractivity contribution < 1.29 is 14.9 Å². The van der Waals surface area contributed by atoms with Gasteiger partial charge in [0.05, 0.1) is 6.10 Å². The summed E-state index contributed by atoms with van der Waals surface area (Å²) in [6.07, 6.45) is 9.75. The maximum Gasteiger partial charge on any atom is 0.0899 e. The summed E-state index contributed by atoms with van der Waals surface area (Å²) in [6, 6.07) is 0. The second kappa shape index (κ2) is 12.0. The van der Waals surface area contributed by atoms with E-state index in [-0.39, 0.29) is 6.10 Å². The first-order valence-electron chi connectivity index (χ1n) is 6.10. The number of unbranched alkanes of at least 4 members (excludes halogenated alkanes) is 6. The summed E-state index contributed by atoms with van der Waals surface area (Å²) < 4.78 is 4.99. The minimum atomic E-state index is -0.00768. The van der Waals surface area contributed by atoms with Crippen LogP contribution in [0.1, 0.15) is 58.3 Å². The molecule has 0 aliphatic heterocycles. The molecule has 0 saturated heterocycles. The molecule has 15 heavy (non-hydrogen) atoms. The molecule has 92 valence electrons. The zero-order chi connectivity index (χ0) is 11.4. The average Bonchev–Trinajstić information content (AvgIpc) is 2.26. The molecule has 0 aromatic carbocycles. The standard InChI is InChI=1S/C12H26O3/c1-12(15-13)10-8-6-4-3-5-7-9-11-14-2/h12-13H,3-11H2,1-2H3. The van der Waals surface area contributed by atoms with Gasteiger partial charge in [-0.05, 0) is 19.8 Å². The Kier molecular flexibility index (Phi) is 11.9. The predicted octanol–water partition coefficient (Wildman–Crippen LogP) is 3.63. The monoisotopic (exact) mass is 218 g/mol. The maximum atomic E-state index is 8.35. The Balaban J connectivity index is 2.92. The highest BCUT2D eigenvalue weighted by molar-refractivity contribution is 4.50. The molecule has 0 rings (SSSR count). The fourth-order valence-corrected chi connectivity index (χ4v) is 1.61. The van der Waals surface area contributed by atoms with E-state index >= 15 is 0 Å². The summed E-state index contributed by atoms with van der Waals surface area (Å²) in [5.74, 6) is 0. The van der Waals surface area contributed by atoms with Crippen LogP contribution in [0.4, 0.5) is 0 Å². The summed E-state index contributed by atoms with van der Waals surface area (Å²) in [7, 11) is 1.75. The van der Waals surface area contributed by atoms with Gasteiger partial charge >= 0.3 is 0 Å². The molecular weight excluding hydrogens is 192 g/mol. The van der Waals surface area contributed by atoms with Gasteiger partial charge in [0, 0.05) is 13.7 Å². The number of hydrogen-bond donors (Lipinski definition) is 1.